The molecule has 0 unspecified atom stereocenters. The van der Waals surface area contributed by atoms with Gasteiger partial charge in [-0.3, -0.25) is 4.90 Å². The summed E-state index contributed by atoms with van der Waals surface area (Å²) < 4.78 is 28.2. The van der Waals surface area contributed by atoms with Crippen LogP contribution in [0.4, 0.5) is 20.6 Å². The third kappa shape index (κ3) is 5.66. The predicted octanol–water partition coefficient (Wildman–Crippen LogP) is 2.81. The van der Waals surface area contributed by atoms with Crippen LogP contribution in [0.25, 0.3) is 5.52 Å². The third-order valence-corrected chi connectivity index (χ3v) is 8.18. The molecular weight excluding hydrogens is 529 g/mol. The molecule has 216 valence electrons. The van der Waals surface area contributed by atoms with Gasteiger partial charge < -0.3 is 29.3 Å². The lowest BCUT2D eigenvalue weighted by Gasteiger charge is -2.42. The van der Waals surface area contributed by atoms with E-state index in [2.05, 4.69) is 38.0 Å². The zero-order chi connectivity index (χ0) is 28.5. The number of hydrogen-bond donors (Lipinski definition) is 1. The number of ether oxygens (including phenoxy) is 2. The highest BCUT2D eigenvalue weighted by Gasteiger charge is 2.31. The summed E-state index contributed by atoms with van der Waals surface area (Å²) in [7, 11) is 0. The number of fused-ring (bicyclic) bond motifs is 1. The third-order valence-electron chi connectivity index (χ3n) is 8.18. The van der Waals surface area contributed by atoms with Gasteiger partial charge in [0, 0.05) is 58.0 Å². The lowest BCUT2D eigenvalue weighted by atomic mass is 10.1. The number of aromatic nitrogens is 2. The van der Waals surface area contributed by atoms with E-state index in [1.807, 2.05) is 19.1 Å². The van der Waals surface area contributed by atoms with Crippen molar-refractivity contribution in [3.63, 3.8) is 0 Å². The molecule has 1 aromatic carbocycles. The standard InChI is InChI=1S/C29H34FN7O4/c1-20-16-36(26-7-6-23(14-31)37-28(26)25(30)15-32-37)18-24(41-20)17-33-8-10-34(11-9-33)22-4-2-21(3-5-22)27-19-35(29(38)39)12-13-40-27/h2-7,15,20,24,27H,8-13,16-19H2,1H3,(H,38,39)/t20-,24+,27+/m1/s1. The SMILES string of the molecule is C[C@@H]1CN(c2ccc(C#N)n3ncc(F)c23)C[C@H](CN2CCN(c3ccc([C@@H]4CN(C(=O)O)CCO4)cc3)CC2)O1. The van der Waals surface area contributed by atoms with E-state index in [-0.39, 0.29) is 18.3 Å². The fourth-order valence-corrected chi connectivity index (χ4v) is 6.13. The van der Waals surface area contributed by atoms with Gasteiger partial charge in [0.15, 0.2) is 5.82 Å². The van der Waals surface area contributed by atoms with Gasteiger partial charge >= 0.3 is 6.09 Å². The van der Waals surface area contributed by atoms with Crippen LogP contribution in [0.5, 0.6) is 0 Å². The van der Waals surface area contributed by atoms with Crippen LogP contribution in [0, 0.1) is 17.1 Å². The quantitative estimate of drug-likeness (QED) is 0.501. The summed E-state index contributed by atoms with van der Waals surface area (Å²) in [5.74, 6) is -0.439. The summed E-state index contributed by atoms with van der Waals surface area (Å²) in [4.78, 5) is 19.7. The minimum atomic E-state index is -0.910. The van der Waals surface area contributed by atoms with Crippen molar-refractivity contribution in [1.82, 2.24) is 19.4 Å². The summed E-state index contributed by atoms with van der Waals surface area (Å²) in [6, 6.07) is 13.8. The van der Waals surface area contributed by atoms with Gasteiger partial charge in [-0.25, -0.2) is 13.7 Å². The molecule has 0 aliphatic carbocycles. The summed E-state index contributed by atoms with van der Waals surface area (Å²) in [6.45, 7) is 8.78. The van der Waals surface area contributed by atoms with E-state index in [1.54, 1.807) is 12.1 Å². The molecule has 12 heteroatoms. The molecule has 3 atom stereocenters. The molecule has 1 amide bonds. The number of piperazine rings is 1. The van der Waals surface area contributed by atoms with Gasteiger partial charge in [-0.2, -0.15) is 10.4 Å². The number of nitriles is 1. The van der Waals surface area contributed by atoms with E-state index in [9.17, 15) is 19.6 Å². The highest BCUT2D eigenvalue weighted by molar-refractivity contribution is 5.74. The van der Waals surface area contributed by atoms with E-state index in [0.717, 1.165) is 55.9 Å². The Bertz CT molecular complexity index is 1430. The van der Waals surface area contributed by atoms with Crippen molar-refractivity contribution in [2.45, 2.75) is 25.2 Å². The monoisotopic (exact) mass is 563 g/mol. The van der Waals surface area contributed by atoms with Gasteiger partial charge in [-0.1, -0.05) is 12.1 Å². The molecule has 0 radical (unpaired) electrons. The molecule has 0 spiro atoms. The lowest BCUT2D eigenvalue weighted by molar-refractivity contribution is -0.0327. The Balaban J connectivity index is 1.05. The molecular formula is C29H34FN7O4. The van der Waals surface area contributed by atoms with E-state index >= 15 is 0 Å². The number of amides is 1. The Kier molecular flexibility index (Phi) is 7.66. The van der Waals surface area contributed by atoms with Gasteiger partial charge in [-0.05, 0) is 36.8 Å². The van der Waals surface area contributed by atoms with Crippen molar-refractivity contribution >= 4 is 23.0 Å². The molecule has 3 fully saturated rings. The fourth-order valence-electron chi connectivity index (χ4n) is 6.13. The maximum absolute atomic E-state index is 14.7. The van der Waals surface area contributed by atoms with Crippen LogP contribution in [-0.4, -0.2) is 108 Å². The first-order chi connectivity index (χ1) is 19.9. The van der Waals surface area contributed by atoms with Crippen molar-refractivity contribution in [2.24, 2.45) is 0 Å². The molecule has 6 rings (SSSR count). The number of morpholine rings is 2. The molecule has 3 aliphatic rings. The topological polar surface area (TPSA) is 110 Å². The van der Waals surface area contributed by atoms with Crippen molar-refractivity contribution in [1.29, 1.82) is 5.26 Å². The summed E-state index contributed by atoms with van der Waals surface area (Å²) >= 11 is 0. The molecule has 0 saturated carbocycles. The average Bonchev–Trinajstić information content (AvgIpc) is 3.38. The number of benzene rings is 1. The Morgan fingerprint density at radius 1 is 1.07 bits per heavy atom. The van der Waals surface area contributed by atoms with Gasteiger partial charge in [0.05, 0.1) is 37.2 Å². The Hall–Kier alpha value is -3.92. The summed E-state index contributed by atoms with van der Waals surface area (Å²) in [5.41, 5.74) is 3.47. The molecule has 3 saturated heterocycles. The molecule has 3 aromatic rings. The number of halogens is 1. The molecule has 41 heavy (non-hydrogen) atoms. The lowest BCUT2D eigenvalue weighted by Crippen LogP contribution is -2.54. The van der Waals surface area contributed by atoms with Gasteiger partial charge in [-0.15, -0.1) is 0 Å². The Morgan fingerprint density at radius 3 is 2.59 bits per heavy atom. The molecule has 5 heterocycles. The minimum absolute atomic E-state index is 0.0223. The van der Waals surface area contributed by atoms with Crippen molar-refractivity contribution in [3.8, 4) is 6.07 Å². The van der Waals surface area contributed by atoms with Crippen LogP contribution in [0.2, 0.25) is 0 Å². The van der Waals surface area contributed by atoms with Gasteiger partial charge in [0.1, 0.15) is 23.4 Å². The van der Waals surface area contributed by atoms with E-state index < -0.39 is 11.9 Å². The second-order valence-electron chi connectivity index (χ2n) is 10.9. The number of hydrogen-bond acceptors (Lipinski definition) is 8. The molecule has 11 nitrogen and oxygen atoms in total. The zero-order valence-electron chi connectivity index (χ0n) is 23.0. The van der Waals surface area contributed by atoms with Crippen molar-refractivity contribution in [3.05, 3.63) is 59.7 Å². The number of rotatable bonds is 5. The average molecular weight is 564 g/mol. The van der Waals surface area contributed by atoms with Gasteiger partial charge in [0.2, 0.25) is 0 Å². The van der Waals surface area contributed by atoms with Crippen LogP contribution >= 0.6 is 0 Å². The highest BCUT2D eigenvalue weighted by atomic mass is 19.1. The van der Waals surface area contributed by atoms with E-state index in [4.69, 9.17) is 9.47 Å². The predicted molar refractivity (Wildman–Crippen MR) is 150 cm³/mol. The zero-order valence-corrected chi connectivity index (χ0v) is 23.0. The Labute approximate surface area is 237 Å². The van der Waals surface area contributed by atoms with E-state index in [0.29, 0.717) is 44.0 Å². The van der Waals surface area contributed by atoms with Gasteiger partial charge in [0.25, 0.3) is 0 Å². The maximum Gasteiger partial charge on any atom is 0.407 e. The summed E-state index contributed by atoms with van der Waals surface area (Å²) in [6.07, 6.45) is -0.0514. The number of carboxylic acid groups (broad SMARTS) is 1. The molecule has 3 aliphatic heterocycles. The first-order valence-corrected chi connectivity index (χ1v) is 14.0. The summed E-state index contributed by atoms with van der Waals surface area (Å²) in [5, 5.41) is 22.8. The van der Waals surface area contributed by atoms with Crippen LogP contribution in [0.15, 0.2) is 42.6 Å². The minimum Gasteiger partial charge on any atom is -0.465 e. The smallest absolute Gasteiger partial charge is 0.407 e. The second kappa shape index (κ2) is 11.5. The number of carbonyl (C=O) groups is 1. The largest absolute Gasteiger partial charge is 0.465 e. The van der Waals surface area contributed by atoms with Crippen molar-refractivity contribution < 1.29 is 23.8 Å². The maximum atomic E-state index is 14.7. The first-order valence-electron chi connectivity index (χ1n) is 14.0. The fraction of sp³-hybridized carbons (Fsp3) is 0.483. The molecule has 2 aromatic heterocycles. The molecule has 1 N–H and O–H groups in total. The first kappa shape index (κ1) is 27.3. The van der Waals surface area contributed by atoms with E-state index in [1.165, 1.54) is 9.42 Å². The number of pyridine rings is 1. The second-order valence-corrected chi connectivity index (χ2v) is 10.9. The Morgan fingerprint density at radius 2 is 1.85 bits per heavy atom. The van der Waals surface area contributed by atoms with Crippen LogP contribution in [-0.2, 0) is 9.47 Å². The number of nitrogens with zero attached hydrogens (tertiary/aromatic N) is 7. The van der Waals surface area contributed by atoms with Crippen LogP contribution in [0.1, 0.15) is 24.3 Å². The highest BCUT2D eigenvalue weighted by Crippen LogP contribution is 2.29. The van der Waals surface area contributed by atoms with Crippen LogP contribution in [0.3, 0.4) is 0 Å². The van der Waals surface area contributed by atoms with Crippen LogP contribution < -0.4 is 9.80 Å². The molecule has 0 bridgehead atoms. The van der Waals surface area contributed by atoms with Crippen molar-refractivity contribution in [2.75, 3.05) is 75.3 Å². The number of anilines is 2. The normalized spacial score (nSPS) is 24.0.